The first-order chi connectivity index (χ1) is 14.3. The van der Waals surface area contributed by atoms with E-state index in [-0.39, 0.29) is 11.9 Å². The van der Waals surface area contributed by atoms with Crippen LogP contribution in [0.5, 0.6) is 0 Å². The Hall–Kier alpha value is -2.73. The summed E-state index contributed by atoms with van der Waals surface area (Å²) in [7, 11) is 0. The normalized spacial score (nSPS) is 19.8. The van der Waals surface area contributed by atoms with Crippen LogP contribution in [0.15, 0.2) is 42.5 Å². The second kappa shape index (κ2) is 7.95. The van der Waals surface area contributed by atoms with Gasteiger partial charge in [-0.15, -0.1) is 10.2 Å². The Kier molecular flexibility index (Phi) is 5.02. The van der Waals surface area contributed by atoms with Crippen LogP contribution >= 0.6 is 0 Å². The van der Waals surface area contributed by atoms with Crippen LogP contribution in [-0.2, 0) is 19.5 Å². The van der Waals surface area contributed by atoms with Crippen LogP contribution in [0.2, 0.25) is 0 Å². The van der Waals surface area contributed by atoms with Crippen LogP contribution in [0.1, 0.15) is 47.7 Å². The number of rotatable bonds is 4. The van der Waals surface area contributed by atoms with E-state index in [2.05, 4.69) is 31.0 Å². The van der Waals surface area contributed by atoms with Gasteiger partial charge in [0.2, 0.25) is 0 Å². The van der Waals surface area contributed by atoms with Crippen LogP contribution in [0.4, 0.5) is 0 Å². The van der Waals surface area contributed by atoms with E-state index in [9.17, 15) is 4.79 Å². The van der Waals surface area contributed by atoms with Crippen molar-refractivity contribution >= 4 is 16.7 Å². The van der Waals surface area contributed by atoms with Crippen molar-refractivity contribution in [2.75, 3.05) is 13.1 Å². The van der Waals surface area contributed by atoms with Crippen LogP contribution in [0.25, 0.3) is 10.8 Å². The first kappa shape index (κ1) is 18.3. The maximum atomic E-state index is 12.8. The number of amides is 1. The minimum absolute atomic E-state index is 0.0162. The SMILES string of the molecule is O=C(NC1CCCN(Cc2nnc3n2CCCC3)C1)c1ccc2ccccc2c1. The van der Waals surface area contributed by atoms with E-state index in [0.29, 0.717) is 0 Å². The predicted molar refractivity (Wildman–Crippen MR) is 113 cm³/mol. The third-order valence-corrected chi connectivity index (χ3v) is 6.15. The summed E-state index contributed by atoms with van der Waals surface area (Å²) in [5.74, 6) is 2.22. The third kappa shape index (κ3) is 3.90. The standard InChI is InChI=1S/C23H27N5O/c29-23(19-11-10-17-6-1-2-7-18(17)14-19)24-20-8-5-12-27(15-20)16-22-26-25-21-9-3-4-13-28(21)22/h1-2,6-7,10-11,14,20H,3-5,8-9,12-13,15-16H2,(H,24,29). The Morgan fingerprint density at radius 2 is 1.93 bits per heavy atom. The van der Waals surface area contributed by atoms with Crippen molar-refractivity contribution in [3.8, 4) is 0 Å². The first-order valence-corrected chi connectivity index (χ1v) is 10.7. The van der Waals surface area contributed by atoms with E-state index in [1.807, 2.05) is 36.4 Å². The van der Waals surface area contributed by atoms with Crippen molar-refractivity contribution in [1.29, 1.82) is 0 Å². The molecule has 6 nitrogen and oxygen atoms in total. The summed E-state index contributed by atoms with van der Waals surface area (Å²) in [5.41, 5.74) is 0.729. The molecule has 2 aliphatic heterocycles. The Labute approximate surface area is 170 Å². The maximum Gasteiger partial charge on any atom is 0.251 e. The fraction of sp³-hybridized carbons (Fsp3) is 0.435. The van der Waals surface area contributed by atoms with Crippen molar-refractivity contribution in [2.45, 2.75) is 51.2 Å². The van der Waals surface area contributed by atoms with Gasteiger partial charge in [-0.1, -0.05) is 30.3 Å². The third-order valence-electron chi connectivity index (χ3n) is 6.15. The monoisotopic (exact) mass is 389 g/mol. The molecule has 1 fully saturated rings. The Balaban J connectivity index is 1.23. The summed E-state index contributed by atoms with van der Waals surface area (Å²) in [6.45, 7) is 3.76. The van der Waals surface area contributed by atoms with Crippen molar-refractivity contribution in [3.63, 3.8) is 0 Å². The lowest BCUT2D eigenvalue weighted by molar-refractivity contribution is 0.0899. The van der Waals surface area contributed by atoms with E-state index < -0.39 is 0 Å². The number of benzene rings is 2. The van der Waals surface area contributed by atoms with Crippen molar-refractivity contribution in [1.82, 2.24) is 25.0 Å². The topological polar surface area (TPSA) is 63.1 Å². The summed E-state index contributed by atoms with van der Waals surface area (Å²) < 4.78 is 2.29. The number of aromatic nitrogens is 3. The fourth-order valence-corrected chi connectivity index (χ4v) is 4.60. The molecule has 2 aromatic carbocycles. The van der Waals surface area contributed by atoms with E-state index in [1.54, 1.807) is 0 Å². The molecule has 3 aromatic rings. The largest absolute Gasteiger partial charge is 0.348 e. The van der Waals surface area contributed by atoms with Gasteiger partial charge in [-0.25, -0.2) is 0 Å². The van der Waals surface area contributed by atoms with Crippen LogP contribution < -0.4 is 5.32 Å². The average molecular weight is 390 g/mol. The maximum absolute atomic E-state index is 12.8. The quantitative estimate of drug-likeness (QED) is 0.745. The number of hydrogen-bond acceptors (Lipinski definition) is 4. The lowest BCUT2D eigenvalue weighted by Crippen LogP contribution is -2.47. The molecule has 150 valence electrons. The van der Waals surface area contributed by atoms with Gasteiger partial charge in [0, 0.05) is 31.1 Å². The average Bonchev–Trinajstić information content (AvgIpc) is 3.16. The molecule has 0 saturated carbocycles. The molecule has 0 radical (unpaired) electrons. The van der Waals surface area contributed by atoms with Crippen LogP contribution in [-0.4, -0.2) is 44.7 Å². The second-order valence-corrected chi connectivity index (χ2v) is 8.25. The summed E-state index contributed by atoms with van der Waals surface area (Å²) >= 11 is 0. The van der Waals surface area contributed by atoms with Crippen LogP contribution in [0.3, 0.4) is 0 Å². The van der Waals surface area contributed by atoms with Gasteiger partial charge in [-0.05, 0) is 55.1 Å². The van der Waals surface area contributed by atoms with Crippen molar-refractivity contribution in [3.05, 3.63) is 59.7 Å². The molecule has 3 heterocycles. The van der Waals surface area contributed by atoms with Gasteiger partial charge >= 0.3 is 0 Å². The van der Waals surface area contributed by atoms with Gasteiger partial charge in [-0.3, -0.25) is 9.69 Å². The number of carbonyl (C=O) groups is 1. The number of nitrogens with one attached hydrogen (secondary N) is 1. The van der Waals surface area contributed by atoms with E-state index >= 15 is 0 Å². The molecule has 0 aliphatic carbocycles. The number of carbonyl (C=O) groups excluding carboxylic acids is 1. The number of nitrogens with zero attached hydrogens (tertiary/aromatic N) is 4. The molecule has 5 rings (SSSR count). The highest BCUT2D eigenvalue weighted by atomic mass is 16.1. The lowest BCUT2D eigenvalue weighted by Gasteiger charge is -2.33. The molecule has 1 unspecified atom stereocenters. The van der Waals surface area contributed by atoms with Gasteiger partial charge in [0.05, 0.1) is 6.54 Å². The Bertz CT molecular complexity index is 1030. The Morgan fingerprint density at radius 1 is 1.03 bits per heavy atom. The summed E-state index contributed by atoms with van der Waals surface area (Å²) in [6.07, 6.45) is 5.57. The van der Waals surface area contributed by atoms with Crippen molar-refractivity contribution in [2.24, 2.45) is 0 Å². The Morgan fingerprint density at radius 3 is 2.86 bits per heavy atom. The van der Waals surface area contributed by atoms with Crippen LogP contribution in [0, 0.1) is 0 Å². The molecule has 1 aromatic heterocycles. The molecule has 1 N–H and O–H groups in total. The zero-order chi connectivity index (χ0) is 19.6. The van der Waals surface area contributed by atoms with Crippen molar-refractivity contribution < 1.29 is 4.79 Å². The minimum atomic E-state index is 0.0162. The fourth-order valence-electron chi connectivity index (χ4n) is 4.60. The molecule has 0 bridgehead atoms. The van der Waals surface area contributed by atoms with Gasteiger partial charge in [0.1, 0.15) is 11.6 Å². The van der Waals surface area contributed by atoms with Gasteiger partial charge in [0.25, 0.3) is 5.91 Å². The number of likely N-dealkylation sites (tertiary alicyclic amines) is 1. The predicted octanol–water partition coefficient (Wildman–Crippen LogP) is 3.16. The molecule has 2 aliphatic rings. The molecule has 1 saturated heterocycles. The molecule has 6 heteroatoms. The molecule has 0 spiro atoms. The van der Waals surface area contributed by atoms with Gasteiger partial charge < -0.3 is 9.88 Å². The minimum Gasteiger partial charge on any atom is -0.348 e. The van der Waals surface area contributed by atoms with E-state index in [4.69, 9.17) is 0 Å². The highest BCUT2D eigenvalue weighted by Crippen LogP contribution is 2.19. The van der Waals surface area contributed by atoms with E-state index in [1.165, 1.54) is 12.8 Å². The highest BCUT2D eigenvalue weighted by Gasteiger charge is 2.24. The molecule has 1 amide bonds. The summed E-state index contributed by atoms with van der Waals surface area (Å²) in [6, 6.07) is 14.2. The summed E-state index contributed by atoms with van der Waals surface area (Å²) in [4.78, 5) is 15.2. The van der Waals surface area contributed by atoms with E-state index in [0.717, 1.165) is 73.4 Å². The number of piperidine rings is 1. The van der Waals surface area contributed by atoms with Gasteiger partial charge in [-0.2, -0.15) is 0 Å². The van der Waals surface area contributed by atoms with Gasteiger partial charge in [0.15, 0.2) is 0 Å². The zero-order valence-corrected chi connectivity index (χ0v) is 16.7. The zero-order valence-electron chi connectivity index (χ0n) is 16.7. The summed E-state index contributed by atoms with van der Waals surface area (Å²) in [5, 5.41) is 14.3. The molecular formula is C23H27N5O. The molecular weight excluding hydrogens is 362 g/mol. The number of hydrogen-bond donors (Lipinski definition) is 1. The molecule has 29 heavy (non-hydrogen) atoms. The first-order valence-electron chi connectivity index (χ1n) is 10.7. The second-order valence-electron chi connectivity index (χ2n) is 8.25. The lowest BCUT2D eigenvalue weighted by atomic mass is 10.0. The molecule has 1 atom stereocenters. The highest BCUT2D eigenvalue weighted by molar-refractivity contribution is 5.98. The smallest absolute Gasteiger partial charge is 0.251 e. The number of fused-ring (bicyclic) bond motifs is 2. The number of aryl methyl sites for hydroxylation is 1.